The first kappa shape index (κ1) is 10.2. The third kappa shape index (κ3) is 1.53. The van der Waals surface area contributed by atoms with E-state index in [0.29, 0.717) is 12.0 Å². The van der Waals surface area contributed by atoms with Crippen molar-refractivity contribution in [3.8, 4) is 5.75 Å². The summed E-state index contributed by atoms with van der Waals surface area (Å²) >= 11 is 0. The van der Waals surface area contributed by atoms with Gasteiger partial charge in [0.05, 0.1) is 5.56 Å². The van der Waals surface area contributed by atoms with E-state index >= 15 is 0 Å². The number of aliphatic hydroxyl groups excluding tert-OH is 1. The molecular weight excluding hydrogens is 192 g/mol. The molecule has 3 heteroatoms. The second-order valence-corrected chi connectivity index (χ2v) is 4.10. The predicted octanol–water partition coefficient (Wildman–Crippen LogP) is 1.69. The second-order valence-electron chi connectivity index (χ2n) is 4.10. The van der Waals surface area contributed by atoms with E-state index in [1.807, 2.05) is 13.0 Å². The fraction of sp³-hybridized carbons (Fsp3) is 0.417. The Balaban J connectivity index is 2.53. The summed E-state index contributed by atoms with van der Waals surface area (Å²) in [5, 5.41) is 18.8. The molecule has 2 rings (SSSR count). The molecule has 15 heavy (non-hydrogen) atoms. The van der Waals surface area contributed by atoms with Crippen LogP contribution in [-0.2, 0) is 0 Å². The van der Waals surface area contributed by atoms with Crippen molar-refractivity contribution in [3.05, 3.63) is 29.3 Å². The third-order valence-corrected chi connectivity index (χ3v) is 3.23. The van der Waals surface area contributed by atoms with Crippen molar-refractivity contribution >= 4 is 5.78 Å². The number of aromatic hydroxyl groups is 1. The quantitative estimate of drug-likeness (QED) is 0.735. The Morgan fingerprint density at radius 2 is 2.20 bits per heavy atom. The first-order chi connectivity index (χ1) is 7.15. The Morgan fingerprint density at radius 3 is 2.87 bits per heavy atom. The van der Waals surface area contributed by atoms with Gasteiger partial charge in [0.2, 0.25) is 0 Å². The van der Waals surface area contributed by atoms with Gasteiger partial charge in [-0.2, -0.15) is 0 Å². The highest BCUT2D eigenvalue weighted by Crippen LogP contribution is 2.38. The Hall–Kier alpha value is -1.35. The Kier molecular flexibility index (Phi) is 2.49. The molecule has 3 nitrogen and oxygen atoms in total. The standard InChI is InChI=1S/C12H14O3/c1-7-8(6-13)5-11(15)12-9(7)3-2-4-10(12)14/h2-4,7-8,13-14H,5-6H2,1H3/t7-,8-/m1/s1. The smallest absolute Gasteiger partial charge is 0.167 e. The molecule has 1 aromatic carbocycles. The molecule has 2 atom stereocenters. The number of benzene rings is 1. The van der Waals surface area contributed by atoms with Crippen molar-refractivity contribution in [2.75, 3.05) is 6.61 Å². The topological polar surface area (TPSA) is 57.5 Å². The Bertz CT molecular complexity index is 398. The minimum atomic E-state index is -0.0692. The SMILES string of the molecule is C[C@H]1c2cccc(O)c2C(=O)C[C@@H]1CO. The van der Waals surface area contributed by atoms with Crippen molar-refractivity contribution in [2.45, 2.75) is 19.3 Å². The van der Waals surface area contributed by atoms with Gasteiger partial charge in [0.15, 0.2) is 5.78 Å². The number of hydrogen-bond donors (Lipinski definition) is 2. The summed E-state index contributed by atoms with van der Waals surface area (Å²) in [6, 6.07) is 5.11. The van der Waals surface area contributed by atoms with Gasteiger partial charge in [-0.15, -0.1) is 0 Å². The number of carbonyl (C=O) groups excluding carboxylic acids is 1. The van der Waals surface area contributed by atoms with Gasteiger partial charge in [0.25, 0.3) is 0 Å². The summed E-state index contributed by atoms with van der Waals surface area (Å²) in [5.74, 6) is 0.0857. The molecule has 0 spiro atoms. The Labute approximate surface area is 88.4 Å². The predicted molar refractivity (Wildman–Crippen MR) is 56.0 cm³/mol. The van der Waals surface area contributed by atoms with Crippen LogP contribution >= 0.6 is 0 Å². The van der Waals surface area contributed by atoms with Crippen molar-refractivity contribution in [2.24, 2.45) is 5.92 Å². The van der Waals surface area contributed by atoms with Gasteiger partial charge in [-0.3, -0.25) is 4.79 Å². The van der Waals surface area contributed by atoms with E-state index < -0.39 is 0 Å². The van der Waals surface area contributed by atoms with Crippen molar-refractivity contribution in [3.63, 3.8) is 0 Å². The zero-order valence-electron chi connectivity index (χ0n) is 8.60. The van der Waals surface area contributed by atoms with Crippen molar-refractivity contribution in [1.29, 1.82) is 0 Å². The number of fused-ring (bicyclic) bond motifs is 1. The fourth-order valence-electron chi connectivity index (χ4n) is 2.23. The zero-order chi connectivity index (χ0) is 11.0. The molecule has 0 amide bonds. The third-order valence-electron chi connectivity index (χ3n) is 3.23. The summed E-state index contributed by atoms with van der Waals surface area (Å²) < 4.78 is 0. The lowest BCUT2D eigenvalue weighted by molar-refractivity contribution is 0.0896. The number of aliphatic hydroxyl groups is 1. The Morgan fingerprint density at radius 1 is 1.47 bits per heavy atom. The molecule has 0 heterocycles. The monoisotopic (exact) mass is 206 g/mol. The van der Waals surface area contributed by atoms with Crippen LogP contribution in [0.4, 0.5) is 0 Å². The number of rotatable bonds is 1. The van der Waals surface area contributed by atoms with E-state index in [1.165, 1.54) is 6.07 Å². The minimum absolute atomic E-state index is 0.0159. The number of carbonyl (C=O) groups is 1. The molecule has 0 bridgehead atoms. The molecule has 1 aliphatic rings. The lowest BCUT2D eigenvalue weighted by atomic mass is 9.75. The summed E-state index contributed by atoms with van der Waals surface area (Å²) in [7, 11) is 0. The summed E-state index contributed by atoms with van der Waals surface area (Å²) in [6.07, 6.45) is 0.322. The van der Waals surface area contributed by atoms with Crippen LogP contribution in [0.3, 0.4) is 0 Å². The van der Waals surface area contributed by atoms with Gasteiger partial charge >= 0.3 is 0 Å². The number of phenolic OH excluding ortho intramolecular Hbond substituents is 1. The van der Waals surface area contributed by atoms with Crippen LogP contribution in [-0.4, -0.2) is 22.6 Å². The highest BCUT2D eigenvalue weighted by Gasteiger charge is 2.32. The average molecular weight is 206 g/mol. The van der Waals surface area contributed by atoms with Crippen LogP contribution < -0.4 is 0 Å². The largest absolute Gasteiger partial charge is 0.507 e. The van der Waals surface area contributed by atoms with Gasteiger partial charge in [0, 0.05) is 13.0 Å². The number of hydrogen-bond acceptors (Lipinski definition) is 3. The van der Waals surface area contributed by atoms with E-state index in [4.69, 9.17) is 5.11 Å². The van der Waals surface area contributed by atoms with Gasteiger partial charge in [-0.1, -0.05) is 19.1 Å². The van der Waals surface area contributed by atoms with Crippen LogP contribution in [0.15, 0.2) is 18.2 Å². The summed E-state index contributed by atoms with van der Waals surface area (Å²) in [6.45, 7) is 1.99. The first-order valence-corrected chi connectivity index (χ1v) is 5.11. The maximum atomic E-state index is 11.8. The maximum absolute atomic E-state index is 11.8. The first-order valence-electron chi connectivity index (χ1n) is 5.11. The van der Waals surface area contributed by atoms with E-state index in [-0.39, 0.29) is 30.0 Å². The molecule has 80 valence electrons. The van der Waals surface area contributed by atoms with Crippen LogP contribution in [0.2, 0.25) is 0 Å². The van der Waals surface area contributed by atoms with Gasteiger partial charge in [-0.05, 0) is 23.5 Å². The molecule has 0 fully saturated rings. The molecule has 0 aliphatic heterocycles. The van der Waals surface area contributed by atoms with Crippen LogP contribution in [0.5, 0.6) is 5.75 Å². The molecule has 0 radical (unpaired) electrons. The van der Waals surface area contributed by atoms with E-state index in [9.17, 15) is 9.90 Å². The van der Waals surface area contributed by atoms with Crippen LogP contribution in [0.1, 0.15) is 35.2 Å². The fourth-order valence-corrected chi connectivity index (χ4v) is 2.23. The molecular formula is C12H14O3. The number of phenols is 1. The van der Waals surface area contributed by atoms with Crippen molar-refractivity contribution in [1.82, 2.24) is 0 Å². The lowest BCUT2D eigenvalue weighted by Crippen LogP contribution is -2.26. The highest BCUT2D eigenvalue weighted by atomic mass is 16.3. The average Bonchev–Trinajstić information content (AvgIpc) is 2.23. The van der Waals surface area contributed by atoms with E-state index in [2.05, 4.69) is 0 Å². The minimum Gasteiger partial charge on any atom is -0.507 e. The lowest BCUT2D eigenvalue weighted by Gasteiger charge is -2.29. The molecule has 1 aromatic rings. The number of Topliss-reactive ketones (excluding diaryl/α,β-unsaturated/α-hetero) is 1. The second kappa shape index (κ2) is 3.66. The van der Waals surface area contributed by atoms with Gasteiger partial charge in [0.1, 0.15) is 5.75 Å². The van der Waals surface area contributed by atoms with Crippen LogP contribution in [0.25, 0.3) is 0 Å². The molecule has 0 saturated heterocycles. The zero-order valence-corrected chi connectivity index (χ0v) is 8.60. The normalized spacial score (nSPS) is 25.1. The van der Waals surface area contributed by atoms with Crippen molar-refractivity contribution < 1.29 is 15.0 Å². The molecule has 0 aromatic heterocycles. The van der Waals surface area contributed by atoms with Crippen LogP contribution in [0, 0.1) is 5.92 Å². The van der Waals surface area contributed by atoms with E-state index in [1.54, 1.807) is 6.07 Å². The molecule has 0 saturated carbocycles. The van der Waals surface area contributed by atoms with E-state index in [0.717, 1.165) is 5.56 Å². The molecule has 0 unspecified atom stereocenters. The summed E-state index contributed by atoms with van der Waals surface area (Å²) in [4.78, 5) is 11.8. The molecule has 2 N–H and O–H groups in total. The number of ketones is 1. The highest BCUT2D eigenvalue weighted by molar-refractivity contribution is 6.01. The van der Waals surface area contributed by atoms with Gasteiger partial charge < -0.3 is 10.2 Å². The van der Waals surface area contributed by atoms with Gasteiger partial charge in [-0.25, -0.2) is 0 Å². The summed E-state index contributed by atoms with van der Waals surface area (Å²) in [5.41, 5.74) is 1.29. The maximum Gasteiger partial charge on any atom is 0.167 e. The molecule has 1 aliphatic carbocycles.